The summed E-state index contributed by atoms with van der Waals surface area (Å²) in [7, 11) is 0. The Morgan fingerprint density at radius 1 is 1.18 bits per heavy atom. The van der Waals surface area contributed by atoms with Crippen LogP contribution >= 0.6 is 0 Å². The van der Waals surface area contributed by atoms with Gasteiger partial charge in [-0.25, -0.2) is 4.58 Å². The Labute approximate surface area is 71.1 Å². The third-order valence-corrected chi connectivity index (χ3v) is 2.03. The average molecular weight is 156 g/mol. The molecule has 0 rings (SSSR count). The molecule has 66 valence electrons. The van der Waals surface area contributed by atoms with Gasteiger partial charge in [0.05, 0.1) is 0 Å². The third kappa shape index (κ3) is 6.08. The molecule has 0 aliphatic heterocycles. The van der Waals surface area contributed by atoms with Crippen molar-refractivity contribution in [2.45, 2.75) is 52.5 Å². The summed E-state index contributed by atoms with van der Waals surface area (Å²) in [4.78, 5) is 0. The molecule has 0 saturated carbocycles. The molecule has 0 aliphatic carbocycles. The van der Waals surface area contributed by atoms with Crippen molar-refractivity contribution in [3.8, 4) is 0 Å². The van der Waals surface area contributed by atoms with Crippen molar-refractivity contribution < 1.29 is 4.58 Å². The van der Waals surface area contributed by atoms with Crippen LogP contribution in [0.25, 0.3) is 0 Å². The second-order valence-electron chi connectivity index (χ2n) is 3.47. The molecular weight excluding hydrogens is 134 g/mol. The van der Waals surface area contributed by atoms with Gasteiger partial charge in [0.15, 0.2) is 0 Å². The highest BCUT2D eigenvalue weighted by Gasteiger charge is 2.03. The van der Waals surface area contributed by atoms with Crippen molar-refractivity contribution in [3.63, 3.8) is 0 Å². The Balaban J connectivity index is 3.18. The van der Waals surface area contributed by atoms with Crippen molar-refractivity contribution in [2.24, 2.45) is 0 Å². The normalized spacial score (nSPS) is 10.5. The van der Waals surface area contributed by atoms with Gasteiger partial charge in [0.1, 0.15) is 19.3 Å². The highest BCUT2D eigenvalue weighted by molar-refractivity contribution is 5.14. The lowest BCUT2D eigenvalue weighted by Gasteiger charge is -2.04. The largest absolute Gasteiger partial charge is 0.240 e. The summed E-state index contributed by atoms with van der Waals surface area (Å²) < 4.78 is 2.16. The van der Waals surface area contributed by atoms with Gasteiger partial charge < -0.3 is 0 Å². The second-order valence-corrected chi connectivity index (χ2v) is 3.47. The van der Waals surface area contributed by atoms with Crippen LogP contribution in [0.5, 0.6) is 0 Å². The maximum absolute atomic E-state index is 3.97. The van der Waals surface area contributed by atoms with Gasteiger partial charge in [-0.05, 0) is 20.3 Å². The molecule has 0 spiro atoms. The fourth-order valence-electron chi connectivity index (χ4n) is 1.000. The van der Waals surface area contributed by atoms with E-state index in [-0.39, 0.29) is 0 Å². The first-order valence-electron chi connectivity index (χ1n) is 4.75. The molecule has 0 aromatic carbocycles. The molecule has 0 bridgehead atoms. The zero-order valence-corrected chi connectivity index (χ0v) is 8.27. The number of hydrogen-bond donors (Lipinski definition) is 0. The predicted molar refractivity (Wildman–Crippen MR) is 51.5 cm³/mol. The van der Waals surface area contributed by atoms with Crippen molar-refractivity contribution in [2.75, 3.05) is 6.54 Å². The summed E-state index contributed by atoms with van der Waals surface area (Å²) in [6, 6.07) is 0.594. The first-order valence-corrected chi connectivity index (χ1v) is 4.75. The number of nitrogens with zero attached hydrogens (tertiary/aromatic N) is 1. The van der Waals surface area contributed by atoms with Crippen LogP contribution in [0.2, 0.25) is 0 Å². The van der Waals surface area contributed by atoms with E-state index in [1.165, 1.54) is 25.7 Å². The molecule has 11 heavy (non-hydrogen) atoms. The van der Waals surface area contributed by atoms with Crippen LogP contribution < -0.4 is 0 Å². The van der Waals surface area contributed by atoms with Crippen molar-refractivity contribution >= 4 is 6.72 Å². The van der Waals surface area contributed by atoms with Crippen LogP contribution in [0.1, 0.15) is 46.5 Å². The lowest BCUT2D eigenvalue weighted by Crippen LogP contribution is -2.19. The third-order valence-electron chi connectivity index (χ3n) is 2.03. The summed E-state index contributed by atoms with van der Waals surface area (Å²) in [6.45, 7) is 11.7. The van der Waals surface area contributed by atoms with Crippen molar-refractivity contribution in [3.05, 3.63) is 0 Å². The smallest absolute Gasteiger partial charge is 0.146 e. The molecule has 0 amide bonds. The van der Waals surface area contributed by atoms with E-state index in [1.54, 1.807) is 0 Å². The predicted octanol–water partition coefficient (Wildman–Crippen LogP) is 2.69. The standard InChI is InChI=1S/C10H22N/c1-5-6-7-8-9-11(4)10(2)3/h10H,4-9H2,1-3H3/q+1. The Morgan fingerprint density at radius 3 is 2.27 bits per heavy atom. The highest BCUT2D eigenvalue weighted by atomic mass is 15.0. The molecule has 0 unspecified atom stereocenters. The molecule has 0 aliphatic rings. The van der Waals surface area contributed by atoms with E-state index in [0.29, 0.717) is 6.04 Å². The minimum atomic E-state index is 0.594. The topological polar surface area (TPSA) is 3.01 Å². The molecule has 0 heterocycles. The zero-order valence-electron chi connectivity index (χ0n) is 8.27. The molecule has 0 N–H and O–H groups in total. The monoisotopic (exact) mass is 156 g/mol. The van der Waals surface area contributed by atoms with Gasteiger partial charge in [0.2, 0.25) is 0 Å². The van der Waals surface area contributed by atoms with Gasteiger partial charge in [-0.2, -0.15) is 0 Å². The molecule has 1 heteroatoms. The van der Waals surface area contributed by atoms with Crippen LogP contribution in [-0.2, 0) is 0 Å². The molecular formula is C10H22N+. The van der Waals surface area contributed by atoms with E-state index in [0.717, 1.165) is 6.54 Å². The molecule has 0 aromatic heterocycles. The van der Waals surface area contributed by atoms with Crippen molar-refractivity contribution in [1.29, 1.82) is 0 Å². The highest BCUT2D eigenvalue weighted by Crippen LogP contribution is 1.99. The first kappa shape index (κ1) is 10.7. The maximum Gasteiger partial charge on any atom is 0.146 e. The minimum absolute atomic E-state index is 0.594. The van der Waals surface area contributed by atoms with Crippen LogP contribution in [0.15, 0.2) is 0 Å². The molecule has 0 aromatic rings. The fourth-order valence-corrected chi connectivity index (χ4v) is 1.000. The number of unbranched alkanes of at least 4 members (excludes halogenated alkanes) is 3. The second kappa shape index (κ2) is 6.38. The molecule has 0 saturated heterocycles. The summed E-state index contributed by atoms with van der Waals surface area (Å²) in [5.74, 6) is 0. The van der Waals surface area contributed by atoms with Crippen LogP contribution in [0.4, 0.5) is 0 Å². The SMILES string of the molecule is C=[N+](CCCCCC)C(C)C. The summed E-state index contributed by atoms with van der Waals surface area (Å²) >= 11 is 0. The van der Waals surface area contributed by atoms with Gasteiger partial charge in [0.25, 0.3) is 0 Å². The first-order chi connectivity index (χ1) is 5.18. The summed E-state index contributed by atoms with van der Waals surface area (Å²) in [5.41, 5.74) is 0. The Kier molecular flexibility index (Phi) is 6.19. The Morgan fingerprint density at radius 2 is 1.82 bits per heavy atom. The molecule has 0 fully saturated rings. The lowest BCUT2D eigenvalue weighted by atomic mass is 10.2. The van der Waals surface area contributed by atoms with Gasteiger partial charge in [0, 0.05) is 6.42 Å². The van der Waals surface area contributed by atoms with Crippen LogP contribution in [0.3, 0.4) is 0 Å². The quantitative estimate of drug-likeness (QED) is 0.316. The van der Waals surface area contributed by atoms with E-state index >= 15 is 0 Å². The van der Waals surface area contributed by atoms with Gasteiger partial charge >= 0.3 is 0 Å². The van der Waals surface area contributed by atoms with E-state index < -0.39 is 0 Å². The van der Waals surface area contributed by atoms with Crippen LogP contribution in [0, 0.1) is 0 Å². The number of rotatable bonds is 6. The maximum atomic E-state index is 3.97. The number of hydrogen-bond acceptors (Lipinski definition) is 0. The average Bonchev–Trinajstić information content (AvgIpc) is 1.97. The summed E-state index contributed by atoms with van der Waals surface area (Å²) in [5, 5.41) is 0. The van der Waals surface area contributed by atoms with Gasteiger partial charge in [-0.1, -0.05) is 19.8 Å². The van der Waals surface area contributed by atoms with E-state index in [2.05, 4.69) is 32.1 Å². The van der Waals surface area contributed by atoms with E-state index in [1.807, 2.05) is 0 Å². The molecule has 1 nitrogen and oxygen atoms in total. The lowest BCUT2D eigenvalue weighted by molar-refractivity contribution is -0.551. The fraction of sp³-hybridized carbons (Fsp3) is 0.900. The van der Waals surface area contributed by atoms with E-state index in [4.69, 9.17) is 0 Å². The minimum Gasteiger partial charge on any atom is -0.240 e. The zero-order chi connectivity index (χ0) is 8.69. The Bertz CT molecular complexity index is 105. The summed E-state index contributed by atoms with van der Waals surface area (Å²) in [6.07, 6.45) is 5.34. The molecule has 0 radical (unpaired) electrons. The van der Waals surface area contributed by atoms with Gasteiger partial charge in [-0.3, -0.25) is 0 Å². The Hall–Kier alpha value is -0.330. The molecule has 0 atom stereocenters. The van der Waals surface area contributed by atoms with Crippen LogP contribution in [-0.4, -0.2) is 23.9 Å². The van der Waals surface area contributed by atoms with Crippen molar-refractivity contribution in [1.82, 2.24) is 0 Å². The van der Waals surface area contributed by atoms with E-state index in [9.17, 15) is 0 Å². The van der Waals surface area contributed by atoms with Gasteiger partial charge in [-0.15, -0.1) is 0 Å².